The van der Waals surface area contributed by atoms with Crippen LogP contribution in [0.3, 0.4) is 0 Å². The van der Waals surface area contributed by atoms with Crippen molar-refractivity contribution in [3.05, 3.63) is 35.4 Å². The molecule has 0 spiro atoms. The topological polar surface area (TPSA) is 43.1 Å². The van der Waals surface area contributed by atoms with Crippen molar-refractivity contribution in [2.45, 2.75) is 40.0 Å². The molecule has 0 saturated heterocycles. The van der Waals surface area contributed by atoms with Crippen molar-refractivity contribution < 1.29 is 13.6 Å². The Morgan fingerprint density at radius 1 is 1.15 bits per heavy atom. The molecule has 1 atom stereocenters. The predicted octanol–water partition coefficient (Wildman–Crippen LogP) is 3.94. The summed E-state index contributed by atoms with van der Waals surface area (Å²) in [6.45, 7) is 6.91. The molecule has 20 heavy (non-hydrogen) atoms. The van der Waals surface area contributed by atoms with E-state index in [2.05, 4.69) is 20.8 Å². The minimum Gasteiger partial charge on any atom is -0.330 e. The Bertz CT molecular complexity index is 446. The predicted molar refractivity (Wildman–Crippen MR) is 76.5 cm³/mol. The average Bonchev–Trinajstić information content (AvgIpc) is 2.31. The molecule has 112 valence electrons. The van der Waals surface area contributed by atoms with Gasteiger partial charge in [0.1, 0.15) is 11.6 Å². The fraction of sp³-hybridized carbons (Fsp3) is 0.562. The minimum absolute atomic E-state index is 0.0623. The Labute approximate surface area is 119 Å². The molecular weight excluding hydrogens is 260 g/mol. The van der Waals surface area contributed by atoms with Crippen LogP contribution in [0.2, 0.25) is 0 Å². The van der Waals surface area contributed by atoms with Crippen molar-refractivity contribution in [3.8, 4) is 0 Å². The first-order valence-corrected chi connectivity index (χ1v) is 6.93. The summed E-state index contributed by atoms with van der Waals surface area (Å²) in [5, 5.41) is 0. The van der Waals surface area contributed by atoms with E-state index in [1.165, 1.54) is 0 Å². The first kappa shape index (κ1) is 16.8. The second kappa shape index (κ2) is 6.93. The lowest BCUT2D eigenvalue weighted by atomic mass is 9.76. The maximum Gasteiger partial charge on any atom is 0.163 e. The summed E-state index contributed by atoms with van der Waals surface area (Å²) >= 11 is 0. The molecule has 0 saturated carbocycles. The Hall–Kier alpha value is -1.29. The molecular formula is C16H23F2NO. The van der Waals surface area contributed by atoms with Crippen molar-refractivity contribution >= 4 is 5.78 Å². The van der Waals surface area contributed by atoms with Crippen LogP contribution < -0.4 is 5.73 Å². The van der Waals surface area contributed by atoms with Gasteiger partial charge in [-0.1, -0.05) is 20.8 Å². The highest BCUT2D eigenvalue weighted by Gasteiger charge is 2.24. The zero-order chi connectivity index (χ0) is 15.3. The Balaban J connectivity index is 2.70. The van der Waals surface area contributed by atoms with Gasteiger partial charge in [-0.2, -0.15) is 0 Å². The van der Waals surface area contributed by atoms with Gasteiger partial charge in [-0.3, -0.25) is 4.79 Å². The van der Waals surface area contributed by atoms with Crippen LogP contribution in [0.5, 0.6) is 0 Å². The van der Waals surface area contributed by atoms with Gasteiger partial charge >= 0.3 is 0 Å². The molecule has 2 nitrogen and oxygen atoms in total. The quantitative estimate of drug-likeness (QED) is 0.804. The van der Waals surface area contributed by atoms with Gasteiger partial charge in [0.15, 0.2) is 5.78 Å². The van der Waals surface area contributed by atoms with Crippen molar-refractivity contribution in [2.75, 3.05) is 6.54 Å². The molecule has 0 aliphatic heterocycles. The SMILES string of the molecule is CC(C)(C)C(CCN)CCC(=O)c1cc(F)cc(F)c1. The van der Waals surface area contributed by atoms with E-state index in [0.29, 0.717) is 18.9 Å². The molecule has 0 fully saturated rings. The van der Waals surface area contributed by atoms with Crippen LogP contribution in [-0.4, -0.2) is 12.3 Å². The molecule has 1 unspecified atom stereocenters. The lowest BCUT2D eigenvalue weighted by molar-refractivity contribution is 0.0957. The van der Waals surface area contributed by atoms with Crippen LogP contribution >= 0.6 is 0 Å². The van der Waals surface area contributed by atoms with E-state index < -0.39 is 11.6 Å². The summed E-state index contributed by atoms with van der Waals surface area (Å²) in [5.74, 6) is -1.35. The average molecular weight is 283 g/mol. The fourth-order valence-corrected chi connectivity index (χ4v) is 2.38. The number of Topliss-reactive ketones (excluding diaryl/α,β-unsaturated/α-hetero) is 1. The molecule has 0 aromatic heterocycles. The first-order chi connectivity index (χ1) is 9.24. The molecule has 0 bridgehead atoms. The maximum absolute atomic E-state index is 13.1. The third-order valence-electron chi connectivity index (χ3n) is 3.64. The minimum atomic E-state index is -0.720. The third-order valence-corrected chi connectivity index (χ3v) is 3.64. The van der Waals surface area contributed by atoms with E-state index in [-0.39, 0.29) is 23.2 Å². The zero-order valence-electron chi connectivity index (χ0n) is 12.4. The normalized spacial score (nSPS) is 13.3. The number of ketones is 1. The number of nitrogens with two attached hydrogens (primary N) is 1. The number of carbonyl (C=O) groups is 1. The smallest absolute Gasteiger partial charge is 0.163 e. The molecule has 1 aromatic carbocycles. The molecule has 0 amide bonds. The number of carbonyl (C=O) groups excluding carboxylic acids is 1. The molecule has 0 aliphatic rings. The number of benzene rings is 1. The summed E-state index contributed by atoms with van der Waals surface area (Å²) in [7, 11) is 0. The second-order valence-corrected chi connectivity index (χ2v) is 6.26. The molecule has 1 aromatic rings. The Morgan fingerprint density at radius 3 is 2.15 bits per heavy atom. The first-order valence-electron chi connectivity index (χ1n) is 6.93. The summed E-state index contributed by atoms with van der Waals surface area (Å²) in [6, 6.07) is 2.93. The summed E-state index contributed by atoms with van der Waals surface area (Å²) in [6.07, 6.45) is 1.80. The van der Waals surface area contributed by atoms with Crippen LogP contribution in [-0.2, 0) is 0 Å². The third kappa shape index (κ3) is 5.00. The van der Waals surface area contributed by atoms with Crippen LogP contribution in [0.4, 0.5) is 8.78 Å². The highest BCUT2D eigenvalue weighted by atomic mass is 19.1. The highest BCUT2D eigenvalue weighted by molar-refractivity contribution is 5.96. The largest absolute Gasteiger partial charge is 0.330 e. The molecule has 1 rings (SSSR count). The Kier molecular flexibility index (Phi) is 5.81. The molecule has 0 aliphatic carbocycles. The van der Waals surface area contributed by atoms with Gasteiger partial charge in [0.25, 0.3) is 0 Å². The summed E-state index contributed by atoms with van der Waals surface area (Å²) < 4.78 is 26.2. The van der Waals surface area contributed by atoms with Gasteiger partial charge in [0.2, 0.25) is 0 Å². The second-order valence-electron chi connectivity index (χ2n) is 6.26. The van der Waals surface area contributed by atoms with Crippen LogP contribution in [0.1, 0.15) is 50.4 Å². The van der Waals surface area contributed by atoms with Gasteiger partial charge in [-0.25, -0.2) is 8.78 Å². The van der Waals surface area contributed by atoms with E-state index in [9.17, 15) is 13.6 Å². The van der Waals surface area contributed by atoms with E-state index in [1.54, 1.807) is 0 Å². The van der Waals surface area contributed by atoms with Crippen molar-refractivity contribution in [3.63, 3.8) is 0 Å². The van der Waals surface area contributed by atoms with E-state index in [4.69, 9.17) is 5.73 Å². The lowest BCUT2D eigenvalue weighted by Crippen LogP contribution is -2.24. The van der Waals surface area contributed by atoms with Gasteiger partial charge in [0, 0.05) is 18.1 Å². The summed E-state index contributed by atoms with van der Waals surface area (Å²) in [5.41, 5.74) is 5.76. The van der Waals surface area contributed by atoms with E-state index in [0.717, 1.165) is 24.6 Å². The standard InChI is InChI=1S/C16H23F2NO/c1-16(2,3)12(6-7-19)4-5-15(20)11-8-13(17)10-14(18)9-11/h8-10,12H,4-7,19H2,1-3H3. The Morgan fingerprint density at radius 2 is 1.70 bits per heavy atom. The fourth-order valence-electron chi connectivity index (χ4n) is 2.38. The van der Waals surface area contributed by atoms with Gasteiger partial charge in [-0.15, -0.1) is 0 Å². The van der Waals surface area contributed by atoms with Crippen LogP contribution in [0, 0.1) is 23.0 Å². The van der Waals surface area contributed by atoms with Crippen LogP contribution in [0.25, 0.3) is 0 Å². The van der Waals surface area contributed by atoms with Crippen molar-refractivity contribution in [1.82, 2.24) is 0 Å². The number of rotatable bonds is 6. The lowest BCUT2D eigenvalue weighted by Gasteiger charge is -2.30. The molecule has 2 N–H and O–H groups in total. The van der Waals surface area contributed by atoms with E-state index in [1.807, 2.05) is 0 Å². The van der Waals surface area contributed by atoms with E-state index >= 15 is 0 Å². The number of hydrogen-bond acceptors (Lipinski definition) is 2. The van der Waals surface area contributed by atoms with Gasteiger partial charge in [-0.05, 0) is 42.9 Å². The highest BCUT2D eigenvalue weighted by Crippen LogP contribution is 2.32. The molecule has 0 heterocycles. The monoisotopic (exact) mass is 283 g/mol. The van der Waals surface area contributed by atoms with Gasteiger partial charge in [0.05, 0.1) is 0 Å². The van der Waals surface area contributed by atoms with Crippen LogP contribution in [0.15, 0.2) is 18.2 Å². The molecule has 4 heteroatoms. The molecule has 0 radical (unpaired) electrons. The van der Waals surface area contributed by atoms with Crippen molar-refractivity contribution in [2.24, 2.45) is 17.1 Å². The maximum atomic E-state index is 13.1. The van der Waals surface area contributed by atoms with Gasteiger partial charge < -0.3 is 5.73 Å². The number of halogens is 2. The van der Waals surface area contributed by atoms with Crippen molar-refractivity contribution in [1.29, 1.82) is 0 Å². The summed E-state index contributed by atoms with van der Waals surface area (Å²) in [4.78, 5) is 12.0. The zero-order valence-corrected chi connectivity index (χ0v) is 12.4. The number of hydrogen-bond donors (Lipinski definition) is 1.